The van der Waals surface area contributed by atoms with Crippen LogP contribution in [0.2, 0.25) is 0 Å². The van der Waals surface area contributed by atoms with Crippen LogP contribution in [0.15, 0.2) is 18.2 Å². The van der Waals surface area contributed by atoms with E-state index in [0.717, 1.165) is 18.4 Å². The van der Waals surface area contributed by atoms with Crippen molar-refractivity contribution in [3.05, 3.63) is 23.8 Å². The molecule has 1 amide bonds. The molecule has 6 nitrogen and oxygen atoms in total. The molecule has 0 aromatic heterocycles. The van der Waals surface area contributed by atoms with Gasteiger partial charge in [0, 0.05) is 19.0 Å². The van der Waals surface area contributed by atoms with Gasteiger partial charge in [0.1, 0.15) is 19.3 Å². The number of fused-ring (bicyclic) bond motifs is 1. The summed E-state index contributed by atoms with van der Waals surface area (Å²) in [6, 6.07) is 5.77. The second kappa shape index (κ2) is 18.5. The van der Waals surface area contributed by atoms with Gasteiger partial charge in [-0.1, -0.05) is 103 Å². The molecule has 2 N–H and O–H groups in total. The van der Waals surface area contributed by atoms with Gasteiger partial charge < -0.3 is 24.8 Å². The molecule has 1 saturated carbocycles. The number of amides is 1. The second-order valence-corrected chi connectivity index (χ2v) is 11.9. The molecule has 0 spiro atoms. The van der Waals surface area contributed by atoms with E-state index in [4.69, 9.17) is 9.47 Å². The number of aliphatic hydroxyl groups is 1. The van der Waals surface area contributed by atoms with E-state index >= 15 is 0 Å². The van der Waals surface area contributed by atoms with Crippen LogP contribution in [0.3, 0.4) is 0 Å². The van der Waals surface area contributed by atoms with Crippen LogP contribution in [0.1, 0.15) is 134 Å². The third kappa shape index (κ3) is 11.7. The third-order valence-electron chi connectivity index (χ3n) is 8.58. The van der Waals surface area contributed by atoms with Crippen molar-refractivity contribution in [1.82, 2.24) is 10.2 Å². The predicted octanol–water partition coefficient (Wildman–Crippen LogP) is 7.33. The van der Waals surface area contributed by atoms with Crippen molar-refractivity contribution in [3.8, 4) is 11.5 Å². The van der Waals surface area contributed by atoms with Gasteiger partial charge in [0.2, 0.25) is 5.91 Å². The van der Waals surface area contributed by atoms with Crippen LogP contribution in [0.5, 0.6) is 11.5 Å². The first-order valence-electron chi connectivity index (χ1n) is 16.2. The molecule has 2 aliphatic rings. The van der Waals surface area contributed by atoms with Crippen LogP contribution in [0.25, 0.3) is 0 Å². The van der Waals surface area contributed by atoms with Gasteiger partial charge in [0.05, 0.1) is 6.04 Å². The Morgan fingerprint density at radius 3 is 2.08 bits per heavy atom. The number of hydrogen-bond donors (Lipinski definition) is 2. The summed E-state index contributed by atoms with van der Waals surface area (Å²) in [5, 5.41) is 14.6. The summed E-state index contributed by atoms with van der Waals surface area (Å²) in [5.74, 6) is 1.42. The summed E-state index contributed by atoms with van der Waals surface area (Å²) < 4.78 is 11.4. The van der Waals surface area contributed by atoms with E-state index in [0.29, 0.717) is 43.7 Å². The van der Waals surface area contributed by atoms with Crippen LogP contribution in [-0.2, 0) is 4.79 Å². The van der Waals surface area contributed by atoms with Crippen molar-refractivity contribution in [2.24, 2.45) is 0 Å². The zero-order chi connectivity index (χ0) is 27.7. The number of hydrogen-bond acceptors (Lipinski definition) is 5. The first-order valence-corrected chi connectivity index (χ1v) is 16.2. The van der Waals surface area contributed by atoms with Crippen molar-refractivity contribution in [2.45, 2.75) is 141 Å². The molecule has 1 aliphatic carbocycles. The molecule has 1 aliphatic heterocycles. The molecule has 222 valence electrons. The van der Waals surface area contributed by atoms with Gasteiger partial charge in [0.15, 0.2) is 11.5 Å². The van der Waals surface area contributed by atoms with Gasteiger partial charge in [-0.05, 0) is 44.0 Å². The van der Waals surface area contributed by atoms with Gasteiger partial charge >= 0.3 is 0 Å². The zero-order valence-electron chi connectivity index (χ0n) is 24.9. The van der Waals surface area contributed by atoms with E-state index in [1.54, 1.807) is 0 Å². The van der Waals surface area contributed by atoms with Gasteiger partial charge in [-0.3, -0.25) is 4.79 Å². The molecular formula is C33H56N2O4. The number of nitrogens with one attached hydrogen (secondary N) is 1. The number of carbonyl (C=O) groups excluding carboxylic acids is 1. The average molecular weight is 545 g/mol. The molecule has 39 heavy (non-hydrogen) atoms. The summed E-state index contributed by atoms with van der Waals surface area (Å²) in [7, 11) is 2.12. The number of rotatable bonds is 20. The lowest BCUT2D eigenvalue weighted by molar-refractivity contribution is -0.123. The number of benzene rings is 1. The smallest absolute Gasteiger partial charge is 0.220 e. The summed E-state index contributed by atoms with van der Waals surface area (Å²) in [6.07, 6.45) is 21.4. The van der Waals surface area contributed by atoms with Crippen molar-refractivity contribution in [3.63, 3.8) is 0 Å². The highest BCUT2D eigenvalue weighted by Gasteiger charge is 2.29. The predicted molar refractivity (Wildman–Crippen MR) is 160 cm³/mol. The highest BCUT2D eigenvalue weighted by Crippen LogP contribution is 2.34. The van der Waals surface area contributed by atoms with Gasteiger partial charge in [-0.2, -0.15) is 0 Å². The minimum atomic E-state index is -0.805. The Bertz CT molecular complexity index is 811. The van der Waals surface area contributed by atoms with E-state index in [-0.39, 0.29) is 11.9 Å². The van der Waals surface area contributed by atoms with Crippen molar-refractivity contribution >= 4 is 5.91 Å². The number of ether oxygens (including phenoxy) is 2. The fourth-order valence-electron chi connectivity index (χ4n) is 6.09. The molecule has 1 heterocycles. The Hall–Kier alpha value is -1.79. The maximum atomic E-state index is 12.9. The average Bonchev–Trinajstić information content (AvgIpc) is 3.50. The Kier molecular flexibility index (Phi) is 15.1. The van der Waals surface area contributed by atoms with Crippen LogP contribution in [-0.4, -0.2) is 54.8 Å². The molecule has 0 radical (unpaired) electrons. The third-order valence-corrected chi connectivity index (χ3v) is 8.58. The molecule has 1 aromatic carbocycles. The van der Waals surface area contributed by atoms with E-state index in [2.05, 4.69) is 24.2 Å². The summed E-state index contributed by atoms with van der Waals surface area (Å²) in [5.41, 5.74) is 0.755. The number of likely N-dealkylation sites (N-methyl/N-ethyl adjacent to an activating group) is 1. The fourth-order valence-corrected chi connectivity index (χ4v) is 6.09. The summed E-state index contributed by atoms with van der Waals surface area (Å²) in [4.78, 5) is 15.3. The highest BCUT2D eigenvalue weighted by molar-refractivity contribution is 5.76. The molecule has 2 atom stereocenters. The van der Waals surface area contributed by atoms with E-state index in [9.17, 15) is 9.90 Å². The van der Waals surface area contributed by atoms with Crippen LogP contribution < -0.4 is 14.8 Å². The van der Waals surface area contributed by atoms with E-state index in [1.807, 2.05) is 18.2 Å². The lowest BCUT2D eigenvalue weighted by Crippen LogP contribution is -2.48. The van der Waals surface area contributed by atoms with Crippen LogP contribution in [0.4, 0.5) is 0 Å². The number of aliphatic hydroxyl groups excluding tert-OH is 1. The lowest BCUT2D eigenvalue weighted by atomic mass is 9.99. The molecule has 1 fully saturated rings. The molecule has 0 saturated heterocycles. The van der Waals surface area contributed by atoms with Gasteiger partial charge in [0.25, 0.3) is 0 Å². The van der Waals surface area contributed by atoms with Gasteiger partial charge in [-0.15, -0.1) is 0 Å². The first kappa shape index (κ1) is 31.7. The Morgan fingerprint density at radius 2 is 1.46 bits per heavy atom. The van der Waals surface area contributed by atoms with Crippen LogP contribution in [0, 0.1) is 0 Å². The topological polar surface area (TPSA) is 71.0 Å². The first-order chi connectivity index (χ1) is 19.1. The van der Waals surface area contributed by atoms with Crippen molar-refractivity contribution in [2.75, 3.05) is 26.8 Å². The largest absolute Gasteiger partial charge is 0.486 e. The molecule has 6 heteroatoms. The Balaban J connectivity index is 1.38. The lowest BCUT2D eigenvalue weighted by Gasteiger charge is -2.32. The maximum Gasteiger partial charge on any atom is 0.220 e. The minimum absolute atomic E-state index is 0.0412. The summed E-state index contributed by atoms with van der Waals surface area (Å²) >= 11 is 0. The highest BCUT2D eigenvalue weighted by atomic mass is 16.6. The number of unbranched alkanes of at least 4 members (excludes halogenated alkanes) is 12. The zero-order valence-corrected chi connectivity index (χ0v) is 24.9. The fraction of sp³-hybridized carbons (Fsp3) is 0.788. The quantitative estimate of drug-likeness (QED) is 0.168. The van der Waals surface area contributed by atoms with Crippen LogP contribution >= 0.6 is 0 Å². The summed E-state index contributed by atoms with van der Waals surface area (Å²) in [6.45, 7) is 3.95. The number of nitrogens with zero attached hydrogens (tertiary/aromatic N) is 1. The standard InChI is InChI=1S/C33H56N2O4/c1-3-4-5-6-7-8-9-10-11-12-13-14-15-20-32(36)34-29(26-35(2)28-18-16-17-19-28)33(37)27-21-22-30-31(25-27)39-24-23-38-30/h21-22,25,28-29,33,37H,3-20,23-24,26H2,1-2H3,(H,34,36)/t29-,33?/m1/s1. The molecular weight excluding hydrogens is 488 g/mol. The maximum absolute atomic E-state index is 12.9. The molecule has 1 aromatic rings. The van der Waals surface area contributed by atoms with E-state index in [1.165, 1.54) is 96.3 Å². The number of carbonyl (C=O) groups is 1. The molecule has 1 unspecified atom stereocenters. The molecule has 0 bridgehead atoms. The second-order valence-electron chi connectivity index (χ2n) is 11.9. The monoisotopic (exact) mass is 544 g/mol. The minimum Gasteiger partial charge on any atom is -0.486 e. The van der Waals surface area contributed by atoms with Crippen molar-refractivity contribution < 1.29 is 19.4 Å². The Morgan fingerprint density at radius 1 is 0.897 bits per heavy atom. The van der Waals surface area contributed by atoms with E-state index < -0.39 is 6.10 Å². The SMILES string of the molecule is CCCCCCCCCCCCCCCC(=O)N[C@H](CN(C)C1CCCC1)C(O)c1ccc2c(c1)OCCO2. The molecule has 3 rings (SSSR count). The van der Waals surface area contributed by atoms with Gasteiger partial charge in [-0.25, -0.2) is 0 Å². The van der Waals surface area contributed by atoms with Crippen molar-refractivity contribution in [1.29, 1.82) is 0 Å². The normalized spacial score (nSPS) is 16.9. The Labute approximate surface area is 238 Å².